The molecule has 0 aliphatic heterocycles. The van der Waals surface area contributed by atoms with Crippen LogP contribution in [0.5, 0.6) is 11.6 Å². The SMILES string of the molecule is NNc1cc(Oc2ccc(Cl)cc2Br)ncn1. The number of nitrogens with zero attached hydrogens (tertiary/aromatic N) is 2. The number of aromatic nitrogens is 2. The third kappa shape index (κ3) is 3.06. The van der Waals surface area contributed by atoms with Crippen LogP contribution in [0.1, 0.15) is 0 Å². The van der Waals surface area contributed by atoms with E-state index in [0.29, 0.717) is 22.5 Å². The molecule has 5 nitrogen and oxygen atoms in total. The Balaban J connectivity index is 2.25. The Kier molecular flexibility index (Phi) is 3.78. The zero-order valence-corrected chi connectivity index (χ0v) is 10.9. The Morgan fingerprint density at radius 1 is 1.29 bits per heavy atom. The monoisotopic (exact) mass is 314 g/mol. The van der Waals surface area contributed by atoms with Crippen molar-refractivity contribution in [3.05, 3.63) is 40.1 Å². The van der Waals surface area contributed by atoms with E-state index in [1.54, 1.807) is 24.3 Å². The minimum atomic E-state index is 0.385. The first-order valence-corrected chi connectivity index (χ1v) is 5.77. The number of nitrogen functional groups attached to an aromatic ring is 1. The van der Waals surface area contributed by atoms with Crippen molar-refractivity contribution in [2.24, 2.45) is 5.84 Å². The second-order valence-electron chi connectivity index (χ2n) is 3.06. The Labute approximate surface area is 111 Å². The Hall–Kier alpha value is -1.37. The number of hydrogen-bond acceptors (Lipinski definition) is 5. The third-order valence-electron chi connectivity index (χ3n) is 1.90. The lowest BCUT2D eigenvalue weighted by atomic mass is 10.3. The topological polar surface area (TPSA) is 73.1 Å². The van der Waals surface area contributed by atoms with Crippen LogP contribution in [0, 0.1) is 0 Å². The molecule has 0 radical (unpaired) electrons. The molecule has 2 aromatic rings. The number of halogens is 2. The second kappa shape index (κ2) is 5.31. The number of nitrogens with two attached hydrogens (primary N) is 1. The van der Waals surface area contributed by atoms with E-state index in [4.69, 9.17) is 22.2 Å². The van der Waals surface area contributed by atoms with E-state index >= 15 is 0 Å². The van der Waals surface area contributed by atoms with E-state index in [0.717, 1.165) is 4.47 Å². The zero-order chi connectivity index (χ0) is 12.3. The van der Waals surface area contributed by atoms with Crippen LogP contribution in [0.25, 0.3) is 0 Å². The molecule has 17 heavy (non-hydrogen) atoms. The summed E-state index contributed by atoms with van der Waals surface area (Å²) in [6.07, 6.45) is 1.36. The summed E-state index contributed by atoms with van der Waals surface area (Å²) in [4.78, 5) is 7.84. The van der Waals surface area contributed by atoms with E-state index in [2.05, 4.69) is 31.3 Å². The van der Waals surface area contributed by atoms with Gasteiger partial charge in [-0.25, -0.2) is 15.8 Å². The largest absolute Gasteiger partial charge is 0.438 e. The van der Waals surface area contributed by atoms with Crippen LogP contribution in [0.2, 0.25) is 5.02 Å². The summed E-state index contributed by atoms with van der Waals surface area (Å²) in [6, 6.07) is 6.79. The van der Waals surface area contributed by atoms with Crippen molar-refractivity contribution in [3.8, 4) is 11.6 Å². The van der Waals surface area contributed by atoms with Crippen molar-refractivity contribution in [2.45, 2.75) is 0 Å². The summed E-state index contributed by atoms with van der Waals surface area (Å²) in [7, 11) is 0. The van der Waals surface area contributed by atoms with Crippen molar-refractivity contribution in [1.29, 1.82) is 0 Å². The lowest BCUT2D eigenvalue weighted by Crippen LogP contribution is -2.08. The smallest absolute Gasteiger partial charge is 0.224 e. The van der Waals surface area contributed by atoms with Gasteiger partial charge in [-0.2, -0.15) is 0 Å². The maximum Gasteiger partial charge on any atom is 0.224 e. The predicted molar refractivity (Wildman–Crippen MR) is 69.1 cm³/mol. The molecule has 0 atom stereocenters. The molecule has 0 amide bonds. The van der Waals surface area contributed by atoms with Crippen LogP contribution >= 0.6 is 27.5 Å². The number of benzene rings is 1. The van der Waals surface area contributed by atoms with Crippen LogP contribution in [0.15, 0.2) is 35.1 Å². The standard InChI is InChI=1S/C10H8BrClN4O/c11-7-3-6(12)1-2-8(7)17-10-4-9(16-13)14-5-15-10/h1-5H,13H2,(H,14,15,16). The van der Waals surface area contributed by atoms with Gasteiger partial charge in [0.15, 0.2) is 0 Å². The highest BCUT2D eigenvalue weighted by Gasteiger charge is 2.05. The van der Waals surface area contributed by atoms with Gasteiger partial charge in [-0.15, -0.1) is 0 Å². The number of hydrazine groups is 1. The fraction of sp³-hybridized carbons (Fsp3) is 0. The molecule has 1 heterocycles. The highest BCUT2D eigenvalue weighted by atomic mass is 79.9. The van der Waals surface area contributed by atoms with E-state index in [-0.39, 0.29) is 0 Å². The molecule has 0 saturated heterocycles. The molecule has 0 fully saturated rings. The lowest BCUT2D eigenvalue weighted by Gasteiger charge is -2.07. The summed E-state index contributed by atoms with van der Waals surface area (Å²) >= 11 is 9.18. The van der Waals surface area contributed by atoms with E-state index in [1.165, 1.54) is 6.33 Å². The average molecular weight is 316 g/mol. The van der Waals surface area contributed by atoms with Crippen LogP contribution in [0.4, 0.5) is 5.82 Å². The molecule has 88 valence electrons. The van der Waals surface area contributed by atoms with Crippen LogP contribution < -0.4 is 16.0 Å². The number of anilines is 1. The maximum atomic E-state index is 5.83. The summed E-state index contributed by atoms with van der Waals surface area (Å²) in [6.45, 7) is 0. The zero-order valence-electron chi connectivity index (χ0n) is 8.52. The van der Waals surface area contributed by atoms with Crippen molar-refractivity contribution < 1.29 is 4.74 Å². The molecule has 7 heteroatoms. The molecule has 1 aromatic carbocycles. The highest BCUT2D eigenvalue weighted by Crippen LogP contribution is 2.31. The first-order valence-electron chi connectivity index (χ1n) is 4.60. The molecule has 0 aliphatic carbocycles. The molecular formula is C10H8BrClN4O. The van der Waals surface area contributed by atoms with Crippen molar-refractivity contribution in [1.82, 2.24) is 9.97 Å². The van der Waals surface area contributed by atoms with Crippen LogP contribution in [0.3, 0.4) is 0 Å². The van der Waals surface area contributed by atoms with Gasteiger partial charge in [-0.3, -0.25) is 0 Å². The normalized spacial score (nSPS) is 10.1. The fourth-order valence-electron chi connectivity index (χ4n) is 1.14. The molecule has 0 unspecified atom stereocenters. The van der Waals surface area contributed by atoms with Gasteiger partial charge in [0.25, 0.3) is 0 Å². The average Bonchev–Trinajstić information content (AvgIpc) is 2.33. The number of hydrogen-bond donors (Lipinski definition) is 2. The first kappa shape index (κ1) is 12.1. The minimum Gasteiger partial charge on any atom is -0.438 e. The lowest BCUT2D eigenvalue weighted by molar-refractivity contribution is 0.459. The minimum absolute atomic E-state index is 0.385. The molecule has 0 bridgehead atoms. The molecular weight excluding hydrogens is 307 g/mol. The predicted octanol–water partition coefficient (Wildman–Crippen LogP) is 2.97. The Morgan fingerprint density at radius 2 is 2.12 bits per heavy atom. The van der Waals surface area contributed by atoms with Gasteiger partial charge >= 0.3 is 0 Å². The van der Waals surface area contributed by atoms with Gasteiger partial charge in [-0.05, 0) is 34.1 Å². The number of rotatable bonds is 3. The molecule has 0 spiro atoms. The first-order chi connectivity index (χ1) is 8.19. The Morgan fingerprint density at radius 3 is 2.82 bits per heavy atom. The van der Waals surface area contributed by atoms with Crippen molar-refractivity contribution >= 4 is 33.3 Å². The van der Waals surface area contributed by atoms with Gasteiger partial charge in [-0.1, -0.05) is 11.6 Å². The number of ether oxygens (including phenoxy) is 1. The second-order valence-corrected chi connectivity index (χ2v) is 4.35. The van der Waals surface area contributed by atoms with Crippen molar-refractivity contribution in [3.63, 3.8) is 0 Å². The summed E-state index contributed by atoms with van der Waals surface area (Å²) < 4.78 is 6.30. The summed E-state index contributed by atoms with van der Waals surface area (Å²) in [5.74, 6) is 6.70. The maximum absolute atomic E-state index is 5.83. The molecule has 2 rings (SSSR count). The van der Waals surface area contributed by atoms with E-state index in [9.17, 15) is 0 Å². The van der Waals surface area contributed by atoms with E-state index in [1.807, 2.05) is 0 Å². The quantitative estimate of drug-likeness (QED) is 0.673. The van der Waals surface area contributed by atoms with Gasteiger partial charge in [0.2, 0.25) is 5.88 Å². The fourth-order valence-corrected chi connectivity index (χ4v) is 1.91. The van der Waals surface area contributed by atoms with E-state index < -0.39 is 0 Å². The summed E-state index contributed by atoms with van der Waals surface area (Å²) in [5.41, 5.74) is 2.41. The molecule has 1 aromatic heterocycles. The molecule has 3 N–H and O–H groups in total. The van der Waals surface area contributed by atoms with Crippen LogP contribution in [-0.4, -0.2) is 9.97 Å². The van der Waals surface area contributed by atoms with Crippen molar-refractivity contribution in [2.75, 3.05) is 5.43 Å². The van der Waals surface area contributed by atoms with Gasteiger partial charge < -0.3 is 10.2 Å². The van der Waals surface area contributed by atoms with Gasteiger partial charge in [0.05, 0.1) is 4.47 Å². The third-order valence-corrected chi connectivity index (χ3v) is 2.75. The molecule has 0 saturated carbocycles. The number of nitrogens with one attached hydrogen (secondary N) is 1. The van der Waals surface area contributed by atoms with Gasteiger partial charge in [0, 0.05) is 11.1 Å². The van der Waals surface area contributed by atoms with Crippen LogP contribution in [-0.2, 0) is 0 Å². The van der Waals surface area contributed by atoms with Gasteiger partial charge in [0.1, 0.15) is 17.9 Å². The molecule has 0 aliphatic rings. The highest BCUT2D eigenvalue weighted by molar-refractivity contribution is 9.10. The summed E-state index contributed by atoms with van der Waals surface area (Å²) in [5, 5.41) is 0.622. The Bertz CT molecular complexity index is 537.